The Kier molecular flexibility index (Phi) is 9.31. The van der Waals surface area contributed by atoms with Crippen molar-refractivity contribution in [1.29, 1.82) is 5.26 Å². The van der Waals surface area contributed by atoms with Gasteiger partial charge in [0.15, 0.2) is 28.6 Å². The van der Waals surface area contributed by atoms with Crippen LogP contribution in [0.15, 0.2) is 65.9 Å². The number of carbonyl (C=O) groups is 1. The quantitative estimate of drug-likeness (QED) is 0.158. The first kappa shape index (κ1) is 41.5. The largest absolute Gasteiger partial charge is 0.453 e. The van der Waals surface area contributed by atoms with Crippen molar-refractivity contribution in [1.82, 2.24) is 33.9 Å². The van der Waals surface area contributed by atoms with E-state index in [-0.39, 0.29) is 62.4 Å². The van der Waals surface area contributed by atoms with Crippen LogP contribution >= 0.6 is 0 Å². The number of anilines is 3. The standard InChI is InChI=1S/C48H51F2N11O4S/c1-28-8-11-60(45(63)53-28)43-34-15-37(50)41(16-40(34)56(3)54-43)58-25-48(26-58)18-30(19-48)57-12-9-47(10-13-57)20-31(21-47)61-27-52-38-6-4-32(14-33(38)44(61)62)65-42-35(22-51)39(7-5-36(42)49)55-66(64)59-23-29-17-46(29,2)24-59/h4-7,14-16,27,29-31,55H,1,8-13,17-21,23-26H2,2-3H3,(H,53,63). The Morgan fingerprint density at radius 2 is 1.73 bits per heavy atom. The Morgan fingerprint density at radius 3 is 2.45 bits per heavy atom. The highest BCUT2D eigenvalue weighted by atomic mass is 32.2. The number of aromatic nitrogens is 4. The number of hydrogen-bond acceptors (Lipinski definition) is 9. The molecule has 3 atom stereocenters. The molecular weight excluding hydrogens is 865 g/mol. The van der Waals surface area contributed by atoms with Gasteiger partial charge in [0.25, 0.3) is 5.56 Å². The van der Waals surface area contributed by atoms with Gasteiger partial charge < -0.3 is 19.9 Å². The number of nitrogens with zero attached hydrogens (tertiary/aromatic N) is 9. The molecule has 7 fully saturated rings. The molecular formula is C48H51F2N11O4S. The van der Waals surface area contributed by atoms with Crippen molar-refractivity contribution in [2.75, 3.05) is 60.3 Å². The summed E-state index contributed by atoms with van der Waals surface area (Å²) in [6, 6.07) is 13.0. The smallest absolute Gasteiger partial charge is 0.327 e. The van der Waals surface area contributed by atoms with Crippen molar-refractivity contribution < 1.29 is 22.5 Å². The van der Waals surface area contributed by atoms with E-state index >= 15 is 8.78 Å². The maximum absolute atomic E-state index is 15.7. The molecule has 2 aromatic heterocycles. The minimum Gasteiger partial charge on any atom is -0.453 e. The molecule has 2 spiro atoms. The highest BCUT2D eigenvalue weighted by molar-refractivity contribution is 7.84. The number of carbonyl (C=O) groups excluding carboxylic acids is 1. The van der Waals surface area contributed by atoms with Crippen LogP contribution in [-0.4, -0.2) is 90.6 Å². The summed E-state index contributed by atoms with van der Waals surface area (Å²) in [7, 11) is 1.82. The highest BCUT2D eigenvalue weighted by Gasteiger charge is 2.58. The molecule has 12 rings (SSSR count). The summed E-state index contributed by atoms with van der Waals surface area (Å²) in [5, 5.41) is 18.4. The molecule has 3 aromatic carbocycles. The molecule has 4 aliphatic heterocycles. The lowest BCUT2D eigenvalue weighted by atomic mass is 9.57. The molecule has 2 amide bonds. The van der Waals surface area contributed by atoms with Crippen LogP contribution in [0.3, 0.4) is 0 Å². The van der Waals surface area contributed by atoms with E-state index in [0.29, 0.717) is 71.5 Å². The lowest BCUT2D eigenvalue weighted by molar-refractivity contribution is -0.0694. The average molecular weight is 916 g/mol. The number of piperidine rings is 2. The van der Waals surface area contributed by atoms with Crippen molar-refractivity contribution in [3.05, 3.63) is 88.6 Å². The van der Waals surface area contributed by atoms with Gasteiger partial charge in [0.2, 0.25) is 0 Å². The van der Waals surface area contributed by atoms with Crippen LogP contribution in [0, 0.1) is 45.1 Å². The fourth-order valence-corrected chi connectivity index (χ4v) is 13.4. The molecule has 6 heterocycles. The number of urea groups is 1. The van der Waals surface area contributed by atoms with E-state index < -0.39 is 17.0 Å². The first-order valence-electron chi connectivity index (χ1n) is 23.0. The van der Waals surface area contributed by atoms with Gasteiger partial charge in [-0.1, -0.05) is 13.5 Å². The van der Waals surface area contributed by atoms with Crippen LogP contribution in [-0.2, 0) is 18.2 Å². The minimum absolute atomic E-state index is 0.0242. The first-order chi connectivity index (χ1) is 31.7. The molecule has 0 bridgehead atoms. The predicted octanol–water partition coefficient (Wildman–Crippen LogP) is 7.08. The molecule has 3 aliphatic carbocycles. The Bertz CT molecular complexity index is 3030. The number of nitriles is 1. The molecule has 2 N–H and O–H groups in total. The second-order valence-corrected chi connectivity index (χ2v) is 21.8. The summed E-state index contributed by atoms with van der Waals surface area (Å²) in [5.41, 5.74) is 2.99. The van der Waals surface area contributed by atoms with Gasteiger partial charge >= 0.3 is 6.03 Å². The van der Waals surface area contributed by atoms with Gasteiger partial charge in [-0.3, -0.25) is 23.7 Å². The number of rotatable bonds is 9. The Morgan fingerprint density at radius 1 is 0.955 bits per heavy atom. The lowest BCUT2D eigenvalue weighted by Crippen LogP contribution is -2.67. The molecule has 7 aliphatic rings. The second-order valence-electron chi connectivity index (χ2n) is 20.6. The highest BCUT2D eigenvalue weighted by Crippen LogP contribution is 2.58. The maximum atomic E-state index is 15.7. The zero-order chi connectivity index (χ0) is 45.4. The molecule has 18 heteroatoms. The second kappa shape index (κ2) is 14.8. The predicted molar refractivity (Wildman–Crippen MR) is 246 cm³/mol. The van der Waals surface area contributed by atoms with Crippen molar-refractivity contribution in [2.45, 2.75) is 70.4 Å². The van der Waals surface area contributed by atoms with Gasteiger partial charge in [0.05, 0.1) is 34.1 Å². The summed E-state index contributed by atoms with van der Waals surface area (Å²) >= 11 is -1.60. The van der Waals surface area contributed by atoms with Gasteiger partial charge in [-0.25, -0.2) is 27.1 Å². The van der Waals surface area contributed by atoms with Crippen molar-refractivity contribution in [2.24, 2.45) is 29.2 Å². The first-order valence-corrected chi connectivity index (χ1v) is 24.1. The number of halogens is 2. The number of hydrogen-bond donors (Lipinski definition) is 2. The van der Waals surface area contributed by atoms with Crippen LogP contribution in [0.5, 0.6) is 11.5 Å². The van der Waals surface area contributed by atoms with Crippen LogP contribution < -0.4 is 30.1 Å². The Hall–Kier alpha value is -5.90. The van der Waals surface area contributed by atoms with E-state index in [1.54, 1.807) is 38.7 Å². The van der Waals surface area contributed by atoms with E-state index in [9.17, 15) is 19.1 Å². The molecule has 3 unspecified atom stereocenters. The third-order valence-corrected chi connectivity index (χ3v) is 17.4. The molecule has 5 aromatic rings. The molecule has 4 saturated heterocycles. The lowest BCUT2D eigenvalue weighted by Gasteiger charge is -2.63. The van der Waals surface area contributed by atoms with E-state index in [2.05, 4.69) is 43.4 Å². The normalized spacial score (nSPS) is 25.3. The number of fused-ring (bicyclic) bond motifs is 3. The number of nitrogens with one attached hydrogen (secondary N) is 2. The number of likely N-dealkylation sites (tertiary alicyclic amines) is 1. The zero-order valence-corrected chi connectivity index (χ0v) is 37.8. The summed E-state index contributed by atoms with van der Waals surface area (Å²) in [6.45, 7) is 11.6. The van der Waals surface area contributed by atoms with Gasteiger partial charge in [0, 0.05) is 74.8 Å². The summed E-state index contributed by atoms with van der Waals surface area (Å²) < 4.78 is 58.4. The number of ether oxygens (including phenoxy) is 1. The third kappa shape index (κ3) is 6.70. The van der Waals surface area contributed by atoms with E-state index in [4.69, 9.17) is 4.74 Å². The fourth-order valence-electron chi connectivity index (χ4n) is 12.2. The van der Waals surface area contributed by atoms with Crippen molar-refractivity contribution >= 4 is 56.2 Å². The van der Waals surface area contributed by atoms with Crippen LogP contribution in [0.2, 0.25) is 0 Å². The fraction of sp³-hybridized carbons (Fsp3) is 0.479. The molecule has 0 radical (unpaired) electrons. The number of benzene rings is 3. The monoisotopic (exact) mass is 915 g/mol. The average Bonchev–Trinajstić information content (AvgIpc) is 3.60. The Balaban J connectivity index is 0.655. The number of aryl methyl sites for hydroxylation is 1. The van der Waals surface area contributed by atoms with E-state index in [1.807, 2.05) is 23.5 Å². The van der Waals surface area contributed by atoms with Crippen molar-refractivity contribution in [3.63, 3.8) is 0 Å². The molecule has 66 heavy (non-hydrogen) atoms. The summed E-state index contributed by atoms with van der Waals surface area (Å²) in [6.07, 6.45) is 9.51. The third-order valence-electron chi connectivity index (χ3n) is 16.3. The molecule has 15 nitrogen and oxygen atoms in total. The number of amides is 2. The molecule has 342 valence electrons. The minimum atomic E-state index is -1.60. The zero-order valence-electron chi connectivity index (χ0n) is 37.0. The van der Waals surface area contributed by atoms with Gasteiger partial charge in [-0.05, 0) is 117 Å². The van der Waals surface area contributed by atoms with Gasteiger partial charge in [-0.15, -0.1) is 0 Å². The van der Waals surface area contributed by atoms with Gasteiger partial charge in [-0.2, -0.15) is 10.4 Å². The summed E-state index contributed by atoms with van der Waals surface area (Å²) in [4.78, 5) is 37.6. The van der Waals surface area contributed by atoms with Crippen molar-refractivity contribution in [3.8, 4) is 17.6 Å². The maximum Gasteiger partial charge on any atom is 0.327 e. The topological polar surface area (TPSA) is 157 Å². The van der Waals surface area contributed by atoms with E-state index in [0.717, 1.165) is 76.6 Å². The SMILES string of the molecule is C=C1CCN(c2nn(C)c3cc(N4CC5(CC(N6CCC7(CC6)CC(n6cnc8ccc(Oc9c(F)ccc(NS(=O)N%10CC%11CC%11(C)C%10)c9C#N)cc8c6=O)C7)C5)C4)c(F)cc23)C(=O)N1. The molecule has 3 saturated carbocycles. The summed E-state index contributed by atoms with van der Waals surface area (Å²) in [5.74, 6) is -0.197. The Labute approximate surface area is 382 Å². The van der Waals surface area contributed by atoms with Gasteiger partial charge in [0.1, 0.15) is 23.2 Å². The van der Waals surface area contributed by atoms with Crippen LogP contribution in [0.4, 0.5) is 30.8 Å². The van der Waals surface area contributed by atoms with Crippen LogP contribution in [0.1, 0.15) is 69.9 Å². The van der Waals surface area contributed by atoms with E-state index in [1.165, 1.54) is 18.2 Å². The van der Waals surface area contributed by atoms with Crippen LogP contribution in [0.25, 0.3) is 21.8 Å².